The maximum absolute atomic E-state index is 12.4. The van der Waals surface area contributed by atoms with Crippen molar-refractivity contribution in [3.8, 4) is 17.0 Å². The molecule has 4 rings (SSSR count). The Bertz CT molecular complexity index is 963. The van der Waals surface area contributed by atoms with Crippen LogP contribution in [-0.4, -0.2) is 31.5 Å². The van der Waals surface area contributed by atoms with Crippen molar-refractivity contribution >= 4 is 11.3 Å². The lowest BCUT2D eigenvalue weighted by Gasteiger charge is -2.13. The first-order chi connectivity index (χ1) is 14.1. The summed E-state index contributed by atoms with van der Waals surface area (Å²) < 4.78 is 36.3. The minimum absolute atomic E-state index is 0.138. The minimum atomic E-state index is -2.83. The maximum atomic E-state index is 12.4. The molecule has 2 aromatic rings. The van der Waals surface area contributed by atoms with E-state index in [0.717, 1.165) is 22.5 Å². The molecule has 0 aliphatic heterocycles. The number of aromatic nitrogens is 1. The van der Waals surface area contributed by atoms with Crippen molar-refractivity contribution in [3.05, 3.63) is 58.4 Å². The molecule has 0 unspecified atom stereocenters. The number of hydrogen-bond donors (Lipinski definition) is 1. The maximum Gasteiger partial charge on any atom is 0.387 e. The largest absolute Gasteiger partial charge is 0.435 e. The summed E-state index contributed by atoms with van der Waals surface area (Å²) >= 11 is 1.52. The van der Waals surface area contributed by atoms with Gasteiger partial charge in [-0.1, -0.05) is 12.2 Å². The van der Waals surface area contributed by atoms with Crippen LogP contribution in [0.15, 0.2) is 58.6 Å². The Hall–Kier alpha value is -2.45. The smallest absolute Gasteiger partial charge is 0.387 e. The summed E-state index contributed by atoms with van der Waals surface area (Å²) in [6.45, 7) is -1.73. The molecule has 1 aromatic carbocycles. The van der Waals surface area contributed by atoms with Crippen LogP contribution in [0.25, 0.3) is 11.3 Å². The quantitative estimate of drug-likeness (QED) is 0.510. The molecule has 1 heterocycles. The summed E-state index contributed by atoms with van der Waals surface area (Å²) in [5.41, 5.74) is 6.59. The second-order valence-corrected chi connectivity index (χ2v) is 7.89. The molecule has 5 nitrogen and oxygen atoms in total. The molecule has 1 N–H and O–H groups in total. The van der Waals surface area contributed by atoms with Crippen LogP contribution in [-0.2, 0) is 4.74 Å². The molecule has 29 heavy (non-hydrogen) atoms. The summed E-state index contributed by atoms with van der Waals surface area (Å²) in [5.74, 6) is 1.32. The number of benzene rings is 1. The average Bonchev–Trinajstić information content (AvgIpc) is 3.42. The van der Waals surface area contributed by atoms with Crippen molar-refractivity contribution in [2.75, 3.05) is 25.7 Å². The summed E-state index contributed by atoms with van der Waals surface area (Å²) in [6, 6.07) is 6.63. The van der Waals surface area contributed by atoms with E-state index in [-0.39, 0.29) is 5.75 Å². The predicted molar refractivity (Wildman–Crippen MR) is 109 cm³/mol. The van der Waals surface area contributed by atoms with Gasteiger partial charge in [0.05, 0.1) is 18.8 Å². The molecule has 0 radical (unpaired) electrons. The average molecular weight is 419 g/mol. The molecular weight excluding hydrogens is 396 g/mol. The third-order valence-electron chi connectivity index (χ3n) is 5.15. The minimum Gasteiger partial charge on any atom is -0.435 e. The Morgan fingerprint density at radius 2 is 2.14 bits per heavy atom. The Balaban J connectivity index is 1.62. The highest BCUT2D eigenvalue weighted by atomic mass is 32.1. The number of ether oxygens (including phenoxy) is 2. The number of fused-ring (bicyclic) bond motifs is 2. The zero-order chi connectivity index (χ0) is 20.2. The van der Waals surface area contributed by atoms with E-state index in [1.54, 1.807) is 31.4 Å². The molecule has 0 saturated heterocycles. The lowest BCUT2D eigenvalue weighted by molar-refractivity contribution is -0.0498. The molecule has 2 bridgehead atoms. The molecule has 8 heteroatoms. The van der Waals surface area contributed by atoms with Crippen LogP contribution in [0, 0.1) is 11.8 Å². The van der Waals surface area contributed by atoms with Crippen molar-refractivity contribution in [3.63, 3.8) is 0 Å². The van der Waals surface area contributed by atoms with Crippen molar-refractivity contribution in [1.82, 2.24) is 4.68 Å². The van der Waals surface area contributed by atoms with Gasteiger partial charge in [-0.15, -0.1) is 11.3 Å². The van der Waals surface area contributed by atoms with Gasteiger partial charge in [0.2, 0.25) is 4.80 Å². The van der Waals surface area contributed by atoms with Crippen molar-refractivity contribution in [1.29, 1.82) is 0 Å². The lowest BCUT2D eigenvalue weighted by Crippen LogP contribution is -2.24. The number of rotatable bonds is 8. The molecule has 1 saturated carbocycles. The molecule has 0 amide bonds. The van der Waals surface area contributed by atoms with E-state index in [1.165, 1.54) is 23.3 Å². The van der Waals surface area contributed by atoms with Gasteiger partial charge in [0.1, 0.15) is 5.75 Å². The fraction of sp³-hybridized carbons (Fsp3) is 0.381. The number of thiazole rings is 1. The van der Waals surface area contributed by atoms with Crippen molar-refractivity contribution in [2.24, 2.45) is 16.8 Å². The number of allylic oxidation sites excluding steroid dienone is 3. The van der Waals surface area contributed by atoms with Gasteiger partial charge in [0.15, 0.2) is 0 Å². The van der Waals surface area contributed by atoms with E-state index >= 15 is 0 Å². The first-order valence-electron chi connectivity index (χ1n) is 9.53. The lowest BCUT2D eigenvalue weighted by atomic mass is 10.0. The highest BCUT2D eigenvalue weighted by Crippen LogP contribution is 2.42. The van der Waals surface area contributed by atoms with E-state index in [9.17, 15) is 8.78 Å². The van der Waals surface area contributed by atoms with E-state index < -0.39 is 6.61 Å². The molecule has 2 aliphatic rings. The fourth-order valence-corrected chi connectivity index (χ4v) is 4.64. The highest BCUT2D eigenvalue weighted by molar-refractivity contribution is 7.07. The van der Waals surface area contributed by atoms with E-state index in [1.807, 2.05) is 10.1 Å². The normalized spacial score (nSPS) is 22.2. The number of hydrogen-bond acceptors (Lipinski definition) is 5. The number of alkyl halides is 2. The van der Waals surface area contributed by atoms with Gasteiger partial charge in [0.25, 0.3) is 0 Å². The van der Waals surface area contributed by atoms with Crippen LogP contribution in [0.4, 0.5) is 8.78 Å². The van der Waals surface area contributed by atoms with Gasteiger partial charge >= 0.3 is 6.61 Å². The van der Waals surface area contributed by atoms with E-state index in [4.69, 9.17) is 4.74 Å². The Kier molecular flexibility index (Phi) is 6.10. The predicted octanol–water partition coefficient (Wildman–Crippen LogP) is 4.39. The first-order valence-corrected chi connectivity index (χ1v) is 10.4. The van der Waals surface area contributed by atoms with Gasteiger partial charge in [-0.3, -0.25) is 10.4 Å². The van der Waals surface area contributed by atoms with Crippen LogP contribution >= 0.6 is 11.3 Å². The molecule has 0 spiro atoms. The van der Waals surface area contributed by atoms with Gasteiger partial charge in [-0.05, 0) is 48.6 Å². The Morgan fingerprint density at radius 3 is 2.79 bits per heavy atom. The summed E-state index contributed by atoms with van der Waals surface area (Å²) in [6.07, 6.45) is 8.95. The number of methoxy groups -OCH3 is 1. The zero-order valence-electron chi connectivity index (χ0n) is 16.1. The van der Waals surface area contributed by atoms with Gasteiger partial charge in [0, 0.05) is 30.2 Å². The monoisotopic (exact) mass is 419 g/mol. The summed E-state index contributed by atoms with van der Waals surface area (Å²) in [4.78, 5) is 5.44. The number of nitrogens with one attached hydrogen (secondary N) is 1. The van der Waals surface area contributed by atoms with Gasteiger partial charge < -0.3 is 9.47 Å². The third kappa shape index (κ3) is 4.59. The topological polar surface area (TPSA) is 47.8 Å². The number of halogens is 2. The second kappa shape index (κ2) is 8.92. The van der Waals surface area contributed by atoms with Crippen LogP contribution in [0.3, 0.4) is 0 Å². The zero-order valence-corrected chi connectivity index (χ0v) is 16.9. The molecule has 154 valence electrons. The van der Waals surface area contributed by atoms with E-state index in [0.29, 0.717) is 25.0 Å². The highest BCUT2D eigenvalue weighted by Gasteiger charge is 2.30. The molecule has 1 fully saturated rings. The summed E-state index contributed by atoms with van der Waals surface area (Å²) in [5, 5.41) is 2.00. The fourth-order valence-electron chi connectivity index (χ4n) is 3.76. The third-order valence-corrected chi connectivity index (χ3v) is 6.01. The van der Waals surface area contributed by atoms with Crippen molar-refractivity contribution < 1.29 is 18.3 Å². The van der Waals surface area contributed by atoms with Gasteiger partial charge in [-0.25, -0.2) is 4.68 Å². The first kappa shape index (κ1) is 19.8. The summed E-state index contributed by atoms with van der Waals surface area (Å²) in [7, 11) is 1.65. The van der Waals surface area contributed by atoms with Crippen LogP contribution < -0.4 is 15.0 Å². The SMILES string of the molecule is COCCN=c1scc(-c2ccc(OC(F)F)cc2)n1N/C=C1\C[C@@H]2C=C[C@H]1C2. The van der Waals surface area contributed by atoms with Crippen LogP contribution in [0.5, 0.6) is 5.75 Å². The standard InChI is InChI=1S/C21H23F2N3O2S/c1-27-9-8-24-21-26(25-12-17-11-14-2-3-16(17)10-14)19(13-29-21)15-4-6-18(7-5-15)28-20(22)23/h2-7,12-14,16,20,25H,8-11H2,1H3/b17-12+,24-21?/t14-,16+/m1/s1. The van der Waals surface area contributed by atoms with Crippen LogP contribution in [0.1, 0.15) is 12.8 Å². The number of nitrogens with zero attached hydrogens (tertiary/aromatic N) is 2. The second-order valence-electron chi connectivity index (χ2n) is 7.06. The Labute approximate surface area is 172 Å². The Morgan fingerprint density at radius 1 is 1.31 bits per heavy atom. The molecular formula is C21H23F2N3O2S. The molecule has 1 aromatic heterocycles. The van der Waals surface area contributed by atoms with E-state index in [2.05, 4.69) is 33.5 Å². The molecule has 2 aliphatic carbocycles. The van der Waals surface area contributed by atoms with Crippen molar-refractivity contribution in [2.45, 2.75) is 19.5 Å². The van der Waals surface area contributed by atoms with Gasteiger partial charge in [-0.2, -0.15) is 8.78 Å². The molecule has 2 atom stereocenters. The van der Waals surface area contributed by atoms with Crippen LogP contribution in [0.2, 0.25) is 0 Å².